The Morgan fingerprint density at radius 2 is 2.00 bits per heavy atom. The average molecular weight is 475 g/mol. The van der Waals surface area contributed by atoms with Crippen LogP contribution in [0.5, 0.6) is 11.5 Å². The fourth-order valence-corrected chi connectivity index (χ4v) is 3.01. The van der Waals surface area contributed by atoms with Gasteiger partial charge in [-0.1, -0.05) is 6.07 Å². The highest BCUT2D eigenvalue weighted by Crippen LogP contribution is 2.50. The van der Waals surface area contributed by atoms with Gasteiger partial charge in [0.25, 0.3) is 0 Å². The Morgan fingerprint density at radius 3 is 2.73 bits per heavy atom. The molecule has 26 heavy (non-hydrogen) atoms. The van der Waals surface area contributed by atoms with Gasteiger partial charge in [-0.25, -0.2) is 0 Å². The number of ether oxygens (including phenoxy) is 3. The van der Waals surface area contributed by atoms with E-state index in [1.165, 1.54) is 18.4 Å². The minimum absolute atomic E-state index is 0. The molecule has 1 saturated carbocycles. The Hall–Kier alpha value is -1.22. The molecule has 7 heteroatoms. The lowest BCUT2D eigenvalue weighted by molar-refractivity contribution is 0.145. The number of guanidine groups is 1. The molecule has 1 fully saturated rings. The Morgan fingerprint density at radius 1 is 1.19 bits per heavy atom. The second kappa shape index (κ2) is 10.2. The van der Waals surface area contributed by atoms with E-state index in [1.807, 2.05) is 13.0 Å². The van der Waals surface area contributed by atoms with E-state index in [9.17, 15) is 0 Å². The normalized spacial score (nSPS) is 16.8. The lowest BCUT2D eigenvalue weighted by atomic mass is 9.96. The number of hydrogen-bond donors (Lipinski definition) is 2. The largest absolute Gasteiger partial charge is 0.454 e. The van der Waals surface area contributed by atoms with Crippen molar-refractivity contribution in [2.24, 2.45) is 4.99 Å². The third-order valence-electron chi connectivity index (χ3n) is 4.68. The van der Waals surface area contributed by atoms with Gasteiger partial charge in [0, 0.05) is 31.7 Å². The van der Waals surface area contributed by atoms with Crippen molar-refractivity contribution in [2.45, 2.75) is 38.5 Å². The zero-order chi connectivity index (χ0) is 17.5. The number of rotatable bonds is 9. The van der Waals surface area contributed by atoms with Gasteiger partial charge >= 0.3 is 0 Å². The second-order valence-electron chi connectivity index (χ2n) is 6.52. The van der Waals surface area contributed by atoms with Gasteiger partial charge in [0.15, 0.2) is 17.5 Å². The quantitative estimate of drug-likeness (QED) is 0.249. The standard InChI is InChI=1S/C19H29N3O3.HI/c1-3-20-18(21-10-5-11-23-4-2)22-13-19(8-9-19)15-6-7-16-17(12-15)25-14-24-16;/h6-7,12H,3-5,8-11,13-14H2,1-2H3,(H2,20,21,22);1H. The summed E-state index contributed by atoms with van der Waals surface area (Å²) in [6.07, 6.45) is 3.31. The molecule has 146 valence electrons. The average Bonchev–Trinajstić information content (AvgIpc) is 3.27. The van der Waals surface area contributed by atoms with Crippen LogP contribution in [-0.4, -0.2) is 45.6 Å². The first-order valence-corrected chi connectivity index (χ1v) is 9.27. The van der Waals surface area contributed by atoms with Crippen LogP contribution in [0.2, 0.25) is 0 Å². The Labute approximate surface area is 173 Å². The van der Waals surface area contributed by atoms with E-state index in [2.05, 4.69) is 29.7 Å². The maximum Gasteiger partial charge on any atom is 0.231 e. The van der Waals surface area contributed by atoms with Gasteiger partial charge in [0.2, 0.25) is 6.79 Å². The van der Waals surface area contributed by atoms with Gasteiger partial charge in [-0.05, 0) is 50.8 Å². The number of nitrogens with zero attached hydrogens (tertiary/aromatic N) is 1. The van der Waals surface area contributed by atoms with E-state index in [0.717, 1.165) is 56.7 Å². The van der Waals surface area contributed by atoms with Gasteiger partial charge in [-0.3, -0.25) is 4.99 Å². The third kappa shape index (κ3) is 5.39. The second-order valence-corrected chi connectivity index (χ2v) is 6.52. The molecular formula is C19H30IN3O3. The van der Waals surface area contributed by atoms with E-state index in [4.69, 9.17) is 19.2 Å². The summed E-state index contributed by atoms with van der Waals surface area (Å²) in [6.45, 7) is 8.48. The van der Waals surface area contributed by atoms with Crippen molar-refractivity contribution in [2.75, 3.05) is 39.6 Å². The zero-order valence-corrected chi connectivity index (χ0v) is 18.0. The van der Waals surface area contributed by atoms with Crippen molar-refractivity contribution >= 4 is 29.9 Å². The molecule has 0 spiro atoms. The van der Waals surface area contributed by atoms with Crippen molar-refractivity contribution in [3.8, 4) is 11.5 Å². The number of hydrogen-bond acceptors (Lipinski definition) is 4. The van der Waals surface area contributed by atoms with Crippen LogP contribution in [0.1, 0.15) is 38.7 Å². The highest BCUT2D eigenvalue weighted by molar-refractivity contribution is 14.0. The maximum absolute atomic E-state index is 5.52. The molecule has 0 bridgehead atoms. The molecule has 2 N–H and O–H groups in total. The molecule has 6 nitrogen and oxygen atoms in total. The number of benzene rings is 1. The first kappa shape index (κ1) is 21.1. The molecule has 1 aromatic carbocycles. The third-order valence-corrected chi connectivity index (χ3v) is 4.68. The molecule has 1 aromatic rings. The molecule has 1 heterocycles. The minimum atomic E-state index is 0. The maximum atomic E-state index is 5.52. The lowest BCUT2D eigenvalue weighted by Crippen LogP contribution is -2.38. The summed E-state index contributed by atoms with van der Waals surface area (Å²) in [5.41, 5.74) is 1.45. The van der Waals surface area contributed by atoms with Crippen molar-refractivity contribution in [3.63, 3.8) is 0 Å². The Bertz CT molecular complexity index is 606. The monoisotopic (exact) mass is 475 g/mol. The van der Waals surface area contributed by atoms with Crippen molar-refractivity contribution < 1.29 is 14.2 Å². The van der Waals surface area contributed by atoms with Crippen molar-refractivity contribution in [3.05, 3.63) is 23.8 Å². The van der Waals surface area contributed by atoms with Crippen molar-refractivity contribution in [1.82, 2.24) is 10.6 Å². The molecule has 0 aromatic heterocycles. The smallest absolute Gasteiger partial charge is 0.231 e. The van der Waals surface area contributed by atoms with Gasteiger partial charge < -0.3 is 24.8 Å². The summed E-state index contributed by atoms with van der Waals surface area (Å²) >= 11 is 0. The highest BCUT2D eigenvalue weighted by atomic mass is 127. The van der Waals surface area contributed by atoms with E-state index < -0.39 is 0 Å². The van der Waals surface area contributed by atoms with Gasteiger partial charge in [-0.2, -0.15) is 0 Å². The summed E-state index contributed by atoms with van der Waals surface area (Å²) in [5.74, 6) is 2.58. The molecule has 1 aliphatic heterocycles. The highest BCUT2D eigenvalue weighted by Gasteiger charge is 2.44. The summed E-state index contributed by atoms with van der Waals surface area (Å²) in [4.78, 5) is 4.82. The number of aliphatic imine (C=N–C) groups is 1. The summed E-state index contributed by atoms with van der Waals surface area (Å²) in [5, 5.41) is 6.71. The molecule has 1 aliphatic carbocycles. The van der Waals surface area contributed by atoms with Crippen LogP contribution in [0.3, 0.4) is 0 Å². The summed E-state index contributed by atoms with van der Waals surface area (Å²) < 4.78 is 16.3. The molecule has 2 aliphatic rings. The first-order chi connectivity index (χ1) is 12.3. The Balaban J connectivity index is 0.00000243. The lowest BCUT2D eigenvalue weighted by Gasteiger charge is -2.16. The van der Waals surface area contributed by atoms with Crippen LogP contribution in [-0.2, 0) is 10.2 Å². The van der Waals surface area contributed by atoms with Gasteiger partial charge in [0.1, 0.15) is 0 Å². The molecule has 0 amide bonds. The Kier molecular flexibility index (Phi) is 8.27. The van der Waals surface area contributed by atoms with Crippen LogP contribution in [0, 0.1) is 0 Å². The molecular weight excluding hydrogens is 445 g/mol. The number of halogens is 1. The minimum Gasteiger partial charge on any atom is -0.454 e. The van der Waals surface area contributed by atoms with Gasteiger partial charge in [-0.15, -0.1) is 24.0 Å². The van der Waals surface area contributed by atoms with E-state index in [0.29, 0.717) is 6.79 Å². The molecule has 0 unspecified atom stereocenters. The van der Waals surface area contributed by atoms with Crippen LogP contribution < -0.4 is 20.1 Å². The van der Waals surface area contributed by atoms with Crippen molar-refractivity contribution in [1.29, 1.82) is 0 Å². The molecule has 0 saturated heterocycles. The number of nitrogens with one attached hydrogen (secondary N) is 2. The topological polar surface area (TPSA) is 64.1 Å². The molecule has 0 radical (unpaired) electrons. The first-order valence-electron chi connectivity index (χ1n) is 9.27. The van der Waals surface area contributed by atoms with E-state index in [-0.39, 0.29) is 29.4 Å². The predicted molar refractivity (Wildman–Crippen MR) is 114 cm³/mol. The molecule has 0 atom stereocenters. The van der Waals surface area contributed by atoms with E-state index in [1.54, 1.807) is 0 Å². The molecule has 3 rings (SSSR count). The summed E-state index contributed by atoms with van der Waals surface area (Å²) in [7, 11) is 0. The summed E-state index contributed by atoms with van der Waals surface area (Å²) in [6, 6.07) is 6.28. The SMILES string of the molecule is CCNC(=NCC1(c2ccc3c(c2)OCO3)CC1)NCCCOCC.I. The zero-order valence-electron chi connectivity index (χ0n) is 15.7. The van der Waals surface area contributed by atoms with Crippen LogP contribution in [0.25, 0.3) is 0 Å². The van der Waals surface area contributed by atoms with Crippen LogP contribution in [0.15, 0.2) is 23.2 Å². The fourth-order valence-electron chi connectivity index (χ4n) is 3.01. The predicted octanol–water partition coefficient (Wildman–Crippen LogP) is 3.05. The van der Waals surface area contributed by atoms with Crippen LogP contribution >= 0.6 is 24.0 Å². The van der Waals surface area contributed by atoms with E-state index >= 15 is 0 Å². The number of fused-ring (bicyclic) bond motifs is 1. The van der Waals surface area contributed by atoms with Crippen LogP contribution in [0.4, 0.5) is 0 Å². The fraction of sp³-hybridized carbons (Fsp3) is 0.632. The van der Waals surface area contributed by atoms with Gasteiger partial charge in [0.05, 0.1) is 6.54 Å².